The molecule has 0 spiro atoms. The molecule has 0 aromatic carbocycles. The quantitative estimate of drug-likeness (QED) is 0.750. The van der Waals surface area contributed by atoms with Crippen molar-refractivity contribution in [1.82, 2.24) is 10.2 Å². The zero-order valence-electron chi connectivity index (χ0n) is 15.0. The van der Waals surface area contributed by atoms with Crippen LogP contribution in [0.3, 0.4) is 0 Å². The molecule has 0 saturated carbocycles. The minimum Gasteiger partial charge on any atom is -0.444 e. The van der Waals surface area contributed by atoms with Gasteiger partial charge in [-0.25, -0.2) is 4.79 Å². The maximum absolute atomic E-state index is 12.2. The highest BCUT2D eigenvalue weighted by Crippen LogP contribution is 2.16. The van der Waals surface area contributed by atoms with Crippen LogP contribution in [0.25, 0.3) is 0 Å². The van der Waals surface area contributed by atoms with E-state index in [0.717, 1.165) is 32.4 Å². The standard InChI is InChI=1S/C17H34N2O2S/c1-6-22-13-10-14(2)18-15-8-7-11-19(12-9-15)16(20)21-17(3,4)5/h14-15,18H,6-13H2,1-5H3. The fourth-order valence-corrected chi connectivity index (χ4v) is 3.47. The fraction of sp³-hybridized carbons (Fsp3) is 0.941. The summed E-state index contributed by atoms with van der Waals surface area (Å²) < 4.78 is 5.48. The van der Waals surface area contributed by atoms with Gasteiger partial charge in [0.15, 0.2) is 0 Å². The summed E-state index contributed by atoms with van der Waals surface area (Å²) in [6, 6.07) is 1.08. The first-order valence-corrected chi connectivity index (χ1v) is 9.79. The summed E-state index contributed by atoms with van der Waals surface area (Å²) in [4.78, 5) is 14.0. The number of nitrogens with one attached hydrogen (secondary N) is 1. The minimum atomic E-state index is -0.410. The van der Waals surface area contributed by atoms with Gasteiger partial charge in [0.25, 0.3) is 0 Å². The van der Waals surface area contributed by atoms with Gasteiger partial charge in [0, 0.05) is 25.2 Å². The number of likely N-dealkylation sites (tertiary alicyclic amines) is 1. The third-order valence-electron chi connectivity index (χ3n) is 3.80. The van der Waals surface area contributed by atoms with Crippen LogP contribution in [-0.2, 0) is 4.74 Å². The highest BCUT2D eigenvalue weighted by Gasteiger charge is 2.25. The molecule has 0 radical (unpaired) electrons. The average Bonchev–Trinajstić information content (AvgIpc) is 2.63. The van der Waals surface area contributed by atoms with Gasteiger partial charge in [-0.1, -0.05) is 6.92 Å². The van der Waals surface area contributed by atoms with Gasteiger partial charge in [0.1, 0.15) is 5.60 Å². The number of nitrogens with zero attached hydrogens (tertiary/aromatic N) is 1. The van der Waals surface area contributed by atoms with Gasteiger partial charge in [0.05, 0.1) is 0 Å². The molecule has 1 amide bonds. The van der Waals surface area contributed by atoms with Crippen molar-refractivity contribution in [2.75, 3.05) is 24.6 Å². The van der Waals surface area contributed by atoms with Gasteiger partial charge in [0.2, 0.25) is 0 Å². The third-order valence-corrected chi connectivity index (χ3v) is 4.73. The van der Waals surface area contributed by atoms with Gasteiger partial charge in [-0.3, -0.25) is 0 Å². The van der Waals surface area contributed by atoms with Crippen molar-refractivity contribution in [2.24, 2.45) is 0 Å². The number of rotatable bonds is 6. The number of hydrogen-bond donors (Lipinski definition) is 1. The van der Waals surface area contributed by atoms with Gasteiger partial charge >= 0.3 is 6.09 Å². The first kappa shape index (κ1) is 19.6. The smallest absolute Gasteiger partial charge is 0.410 e. The second-order valence-electron chi connectivity index (χ2n) is 7.15. The molecule has 2 unspecified atom stereocenters. The molecule has 1 saturated heterocycles. The number of amides is 1. The predicted octanol–water partition coefficient (Wildman–Crippen LogP) is 3.90. The molecule has 0 aromatic rings. The molecule has 1 aliphatic rings. The molecule has 2 atom stereocenters. The van der Waals surface area contributed by atoms with Crippen molar-refractivity contribution in [3.05, 3.63) is 0 Å². The van der Waals surface area contributed by atoms with Crippen molar-refractivity contribution in [1.29, 1.82) is 0 Å². The highest BCUT2D eigenvalue weighted by atomic mass is 32.2. The Morgan fingerprint density at radius 1 is 1.36 bits per heavy atom. The van der Waals surface area contributed by atoms with Crippen molar-refractivity contribution >= 4 is 17.9 Å². The molecule has 22 heavy (non-hydrogen) atoms. The van der Waals surface area contributed by atoms with Crippen LogP contribution in [0, 0.1) is 0 Å². The summed E-state index contributed by atoms with van der Waals surface area (Å²) in [7, 11) is 0. The van der Waals surface area contributed by atoms with Gasteiger partial charge in [-0.05, 0) is 64.9 Å². The van der Waals surface area contributed by atoms with E-state index in [1.807, 2.05) is 37.4 Å². The van der Waals surface area contributed by atoms with Crippen LogP contribution in [0.1, 0.15) is 60.3 Å². The summed E-state index contributed by atoms with van der Waals surface area (Å²) >= 11 is 2.00. The van der Waals surface area contributed by atoms with Crippen molar-refractivity contribution in [3.8, 4) is 0 Å². The second kappa shape index (κ2) is 9.66. The monoisotopic (exact) mass is 330 g/mol. The zero-order chi connectivity index (χ0) is 16.6. The molecule has 130 valence electrons. The number of thioether (sulfide) groups is 1. The van der Waals surface area contributed by atoms with Gasteiger partial charge < -0.3 is 15.0 Å². The molecule has 5 heteroatoms. The molecular weight excluding hydrogens is 296 g/mol. The maximum atomic E-state index is 12.2. The molecule has 1 heterocycles. The van der Waals surface area contributed by atoms with E-state index in [1.165, 1.54) is 17.9 Å². The summed E-state index contributed by atoms with van der Waals surface area (Å²) in [6.07, 6.45) is 4.26. The van der Waals surface area contributed by atoms with Crippen LogP contribution in [0.5, 0.6) is 0 Å². The largest absolute Gasteiger partial charge is 0.444 e. The molecule has 1 N–H and O–H groups in total. The lowest BCUT2D eigenvalue weighted by atomic mass is 10.1. The Bertz CT molecular complexity index is 331. The Morgan fingerprint density at radius 2 is 2.09 bits per heavy atom. The summed E-state index contributed by atoms with van der Waals surface area (Å²) in [5.74, 6) is 2.42. The predicted molar refractivity (Wildman–Crippen MR) is 95.7 cm³/mol. The van der Waals surface area contributed by atoms with Crippen LogP contribution in [-0.4, -0.2) is 53.3 Å². The molecule has 0 aromatic heterocycles. The lowest BCUT2D eigenvalue weighted by Gasteiger charge is -2.26. The first-order chi connectivity index (χ1) is 10.3. The fourth-order valence-electron chi connectivity index (χ4n) is 2.66. The Hall–Kier alpha value is -0.420. The maximum Gasteiger partial charge on any atom is 0.410 e. The van der Waals surface area contributed by atoms with E-state index in [0.29, 0.717) is 12.1 Å². The molecule has 0 aliphatic carbocycles. The first-order valence-electron chi connectivity index (χ1n) is 8.63. The lowest BCUT2D eigenvalue weighted by molar-refractivity contribution is 0.0256. The molecule has 1 rings (SSSR count). The SMILES string of the molecule is CCSCCC(C)NC1CCCN(C(=O)OC(C)(C)C)CC1. The van der Waals surface area contributed by atoms with E-state index >= 15 is 0 Å². The number of carbonyl (C=O) groups excluding carboxylic acids is 1. The van der Waals surface area contributed by atoms with E-state index in [-0.39, 0.29) is 6.09 Å². The summed E-state index contributed by atoms with van der Waals surface area (Å²) in [5.41, 5.74) is -0.410. The van der Waals surface area contributed by atoms with Crippen LogP contribution in [0.2, 0.25) is 0 Å². The molecule has 4 nitrogen and oxygen atoms in total. The molecule has 1 aliphatic heterocycles. The number of hydrogen-bond acceptors (Lipinski definition) is 4. The highest BCUT2D eigenvalue weighted by molar-refractivity contribution is 7.99. The number of carbonyl (C=O) groups is 1. The summed E-state index contributed by atoms with van der Waals surface area (Å²) in [5, 5.41) is 3.73. The van der Waals surface area contributed by atoms with Crippen LogP contribution in [0.15, 0.2) is 0 Å². The van der Waals surface area contributed by atoms with E-state index in [2.05, 4.69) is 19.2 Å². The Labute approximate surface area is 140 Å². The topological polar surface area (TPSA) is 41.6 Å². The van der Waals surface area contributed by atoms with E-state index in [9.17, 15) is 4.79 Å². The van der Waals surface area contributed by atoms with Gasteiger partial charge in [-0.15, -0.1) is 0 Å². The average molecular weight is 331 g/mol. The van der Waals surface area contributed by atoms with Crippen LogP contribution in [0.4, 0.5) is 4.79 Å². The normalized spacial score (nSPS) is 21.3. The third kappa shape index (κ3) is 8.28. The molecule has 1 fully saturated rings. The summed E-state index contributed by atoms with van der Waals surface area (Å²) in [6.45, 7) is 11.8. The second-order valence-corrected chi connectivity index (χ2v) is 8.54. The molecular formula is C17H34N2O2S. The van der Waals surface area contributed by atoms with Crippen molar-refractivity contribution in [3.63, 3.8) is 0 Å². The zero-order valence-corrected chi connectivity index (χ0v) is 15.8. The van der Waals surface area contributed by atoms with E-state index in [1.54, 1.807) is 0 Å². The van der Waals surface area contributed by atoms with Crippen molar-refractivity contribution in [2.45, 2.75) is 78.0 Å². The van der Waals surface area contributed by atoms with Crippen LogP contribution < -0.4 is 5.32 Å². The minimum absolute atomic E-state index is 0.166. The van der Waals surface area contributed by atoms with Crippen molar-refractivity contribution < 1.29 is 9.53 Å². The Kier molecular flexibility index (Phi) is 8.62. The van der Waals surface area contributed by atoms with E-state index < -0.39 is 5.60 Å². The molecule has 0 bridgehead atoms. The number of ether oxygens (including phenoxy) is 1. The Balaban J connectivity index is 2.34. The van der Waals surface area contributed by atoms with Gasteiger partial charge in [-0.2, -0.15) is 11.8 Å². The lowest BCUT2D eigenvalue weighted by Crippen LogP contribution is -2.39. The Morgan fingerprint density at radius 3 is 2.73 bits per heavy atom. The van der Waals surface area contributed by atoms with E-state index in [4.69, 9.17) is 4.74 Å². The van der Waals surface area contributed by atoms with Crippen LogP contribution >= 0.6 is 11.8 Å².